The predicted octanol–water partition coefficient (Wildman–Crippen LogP) is 2.56. The molecule has 2 aliphatic rings. The number of allylic oxidation sites excluding steroid dienone is 1. The lowest BCUT2D eigenvalue weighted by Crippen LogP contribution is -2.43. The summed E-state index contributed by atoms with van der Waals surface area (Å²) in [6.45, 7) is 10.5. The van der Waals surface area contributed by atoms with Gasteiger partial charge in [0, 0.05) is 25.0 Å². The van der Waals surface area contributed by atoms with Crippen molar-refractivity contribution in [1.82, 2.24) is 9.88 Å². The molecule has 0 spiro atoms. The summed E-state index contributed by atoms with van der Waals surface area (Å²) in [6.07, 6.45) is 4.59. The van der Waals surface area contributed by atoms with E-state index in [-0.39, 0.29) is 11.4 Å². The monoisotopic (exact) mass is 346 g/mol. The topological polar surface area (TPSA) is 80.6 Å². The molecule has 0 radical (unpaired) electrons. The van der Waals surface area contributed by atoms with Gasteiger partial charge in [-0.05, 0) is 43.7 Å². The van der Waals surface area contributed by atoms with Crippen LogP contribution in [0.4, 0.5) is 0 Å². The molecule has 1 aromatic heterocycles. The van der Waals surface area contributed by atoms with Crippen LogP contribution in [-0.2, 0) is 21.5 Å². The molecule has 136 valence electrons. The summed E-state index contributed by atoms with van der Waals surface area (Å²) in [7, 11) is 0. The van der Waals surface area contributed by atoms with Crippen LogP contribution in [0, 0.1) is 0 Å². The number of aromatic carboxylic acids is 1. The summed E-state index contributed by atoms with van der Waals surface area (Å²) in [6, 6.07) is -0.507. The fraction of sp³-hybridized carbons (Fsp3) is 0.579. The zero-order valence-corrected chi connectivity index (χ0v) is 15.5. The van der Waals surface area contributed by atoms with Crippen LogP contribution in [0.1, 0.15) is 62.7 Å². The molecule has 6 nitrogen and oxygen atoms in total. The summed E-state index contributed by atoms with van der Waals surface area (Å²) < 4.78 is 7.41. The highest BCUT2D eigenvalue weighted by Gasteiger charge is 2.38. The van der Waals surface area contributed by atoms with E-state index >= 15 is 0 Å². The van der Waals surface area contributed by atoms with Gasteiger partial charge in [-0.3, -0.25) is 10.1 Å². The normalized spacial score (nSPS) is 21.8. The standard InChI is InChI=1S/C19H26N2O4/c1-18(2,3)25-17(24)13-10-21-9-12(16(22)23)14-15(21)11(8-20-13)6-7-19(14,4)5/h6,9,13,20H,7-8,10H2,1-5H3,(H,22,23). The summed E-state index contributed by atoms with van der Waals surface area (Å²) in [5.41, 5.74) is 2.37. The molecular weight excluding hydrogens is 320 g/mol. The quantitative estimate of drug-likeness (QED) is 0.805. The molecular formula is C19H26N2O4. The third-order valence-electron chi connectivity index (χ3n) is 4.76. The van der Waals surface area contributed by atoms with Crippen molar-refractivity contribution < 1.29 is 19.4 Å². The van der Waals surface area contributed by atoms with E-state index in [2.05, 4.69) is 25.2 Å². The van der Waals surface area contributed by atoms with Crippen LogP contribution in [0.15, 0.2) is 12.3 Å². The highest BCUT2D eigenvalue weighted by molar-refractivity contribution is 5.93. The Hall–Kier alpha value is -2.08. The number of nitrogens with zero attached hydrogens (tertiary/aromatic N) is 1. The van der Waals surface area contributed by atoms with E-state index in [1.165, 1.54) is 0 Å². The van der Waals surface area contributed by atoms with Gasteiger partial charge < -0.3 is 14.4 Å². The van der Waals surface area contributed by atoms with E-state index in [1.807, 2.05) is 25.3 Å². The van der Waals surface area contributed by atoms with Crippen LogP contribution in [0.2, 0.25) is 0 Å². The largest absolute Gasteiger partial charge is 0.478 e. The number of hydrogen-bond donors (Lipinski definition) is 2. The lowest BCUT2D eigenvalue weighted by atomic mass is 9.74. The number of ether oxygens (including phenoxy) is 1. The minimum Gasteiger partial charge on any atom is -0.478 e. The van der Waals surface area contributed by atoms with E-state index in [9.17, 15) is 14.7 Å². The SMILES string of the molecule is CC(C)(C)OC(=O)C1Cn2cc(C(=O)O)c3c2C(=CCC3(C)C)CN1. The first-order valence-electron chi connectivity index (χ1n) is 8.62. The van der Waals surface area contributed by atoms with Gasteiger partial charge in [-0.25, -0.2) is 4.79 Å². The fourth-order valence-corrected chi connectivity index (χ4v) is 3.65. The minimum absolute atomic E-state index is 0.246. The van der Waals surface area contributed by atoms with Crippen molar-refractivity contribution in [3.05, 3.63) is 29.1 Å². The average molecular weight is 346 g/mol. The third-order valence-corrected chi connectivity index (χ3v) is 4.76. The fourth-order valence-electron chi connectivity index (χ4n) is 3.65. The predicted molar refractivity (Wildman–Crippen MR) is 94.6 cm³/mol. The second kappa shape index (κ2) is 5.73. The molecule has 0 aromatic carbocycles. The smallest absolute Gasteiger partial charge is 0.337 e. The van der Waals surface area contributed by atoms with Crippen LogP contribution < -0.4 is 5.32 Å². The molecule has 2 heterocycles. The lowest BCUT2D eigenvalue weighted by Gasteiger charge is -2.30. The number of carbonyl (C=O) groups is 2. The van der Waals surface area contributed by atoms with Gasteiger partial charge >= 0.3 is 11.9 Å². The highest BCUT2D eigenvalue weighted by atomic mass is 16.6. The number of carbonyl (C=O) groups excluding carboxylic acids is 1. The number of rotatable bonds is 2. The average Bonchev–Trinajstić information content (AvgIpc) is 2.75. The van der Waals surface area contributed by atoms with Crippen molar-refractivity contribution in [3.63, 3.8) is 0 Å². The van der Waals surface area contributed by atoms with Gasteiger partial charge in [-0.2, -0.15) is 0 Å². The zero-order chi connectivity index (χ0) is 18.6. The maximum atomic E-state index is 12.5. The number of hydrogen-bond acceptors (Lipinski definition) is 4. The minimum atomic E-state index is -0.924. The van der Waals surface area contributed by atoms with Gasteiger partial charge in [0.25, 0.3) is 0 Å². The van der Waals surface area contributed by atoms with E-state index < -0.39 is 17.6 Å². The van der Waals surface area contributed by atoms with Crippen molar-refractivity contribution in [2.75, 3.05) is 6.54 Å². The molecule has 1 atom stereocenters. The molecule has 25 heavy (non-hydrogen) atoms. The first-order chi connectivity index (χ1) is 11.5. The van der Waals surface area contributed by atoms with Gasteiger partial charge in [0.1, 0.15) is 11.6 Å². The van der Waals surface area contributed by atoms with Crippen LogP contribution in [0.3, 0.4) is 0 Å². The Kier molecular flexibility index (Phi) is 4.06. The van der Waals surface area contributed by atoms with Crippen LogP contribution in [-0.4, -0.2) is 39.8 Å². The Morgan fingerprint density at radius 2 is 2.04 bits per heavy atom. The molecule has 0 fully saturated rings. The second-order valence-electron chi connectivity index (χ2n) is 8.51. The number of carboxylic acid groups (broad SMARTS) is 1. The number of nitrogens with one attached hydrogen (secondary N) is 1. The van der Waals surface area contributed by atoms with Crippen LogP contribution in [0.5, 0.6) is 0 Å². The van der Waals surface area contributed by atoms with Crippen LogP contribution in [0.25, 0.3) is 5.57 Å². The Balaban J connectivity index is 2.03. The van der Waals surface area contributed by atoms with E-state index in [4.69, 9.17) is 4.74 Å². The molecule has 0 saturated carbocycles. The van der Waals surface area contributed by atoms with Crippen LogP contribution >= 0.6 is 0 Å². The van der Waals surface area contributed by atoms with Crippen molar-refractivity contribution in [2.45, 2.75) is 64.6 Å². The first-order valence-corrected chi connectivity index (χ1v) is 8.62. The molecule has 0 saturated heterocycles. The molecule has 1 aliphatic heterocycles. The Morgan fingerprint density at radius 1 is 1.36 bits per heavy atom. The molecule has 6 heteroatoms. The molecule has 0 amide bonds. The van der Waals surface area contributed by atoms with Gasteiger partial charge in [-0.1, -0.05) is 19.9 Å². The van der Waals surface area contributed by atoms with Gasteiger partial charge in [-0.15, -0.1) is 0 Å². The highest BCUT2D eigenvalue weighted by Crippen LogP contribution is 2.42. The Labute approximate surface area is 147 Å². The Morgan fingerprint density at radius 3 is 2.64 bits per heavy atom. The number of carboxylic acids is 1. The molecule has 0 bridgehead atoms. The summed E-state index contributed by atoms with van der Waals surface area (Å²) in [4.78, 5) is 24.3. The third kappa shape index (κ3) is 3.23. The van der Waals surface area contributed by atoms with E-state index in [0.717, 1.165) is 23.3 Å². The van der Waals surface area contributed by atoms with Crippen molar-refractivity contribution in [2.24, 2.45) is 0 Å². The summed E-state index contributed by atoms with van der Waals surface area (Å²) >= 11 is 0. The molecule has 2 N–H and O–H groups in total. The Bertz CT molecular complexity index is 765. The van der Waals surface area contributed by atoms with Crippen molar-refractivity contribution in [3.8, 4) is 0 Å². The molecule has 3 rings (SSSR count). The first kappa shape index (κ1) is 17.7. The second-order valence-corrected chi connectivity index (χ2v) is 8.51. The van der Waals surface area contributed by atoms with Gasteiger partial charge in [0.05, 0.1) is 5.56 Å². The zero-order valence-electron chi connectivity index (χ0n) is 15.5. The maximum Gasteiger partial charge on any atom is 0.337 e. The van der Waals surface area contributed by atoms with Gasteiger partial charge in [0.2, 0.25) is 0 Å². The van der Waals surface area contributed by atoms with Crippen molar-refractivity contribution in [1.29, 1.82) is 0 Å². The lowest BCUT2D eigenvalue weighted by molar-refractivity contribution is -0.157. The summed E-state index contributed by atoms with van der Waals surface area (Å²) in [5.74, 6) is -1.24. The molecule has 1 aliphatic carbocycles. The number of esters is 1. The van der Waals surface area contributed by atoms with Gasteiger partial charge in [0.15, 0.2) is 0 Å². The van der Waals surface area contributed by atoms with Crippen molar-refractivity contribution >= 4 is 17.5 Å². The molecule has 1 unspecified atom stereocenters. The maximum absolute atomic E-state index is 12.5. The number of aromatic nitrogens is 1. The molecule has 1 aromatic rings. The van der Waals surface area contributed by atoms with E-state index in [1.54, 1.807) is 6.20 Å². The van der Waals surface area contributed by atoms with E-state index in [0.29, 0.717) is 18.7 Å². The summed E-state index contributed by atoms with van der Waals surface area (Å²) in [5, 5.41) is 12.9.